The van der Waals surface area contributed by atoms with E-state index in [1.807, 2.05) is 33.5 Å². The van der Waals surface area contributed by atoms with E-state index in [1.165, 1.54) is 0 Å². The number of piperidine rings is 1. The van der Waals surface area contributed by atoms with Crippen molar-refractivity contribution in [2.45, 2.75) is 43.7 Å². The Balaban J connectivity index is 1.62. The second-order valence-electron chi connectivity index (χ2n) is 6.71. The fourth-order valence-corrected chi connectivity index (χ4v) is 4.52. The van der Waals surface area contributed by atoms with E-state index in [9.17, 15) is 9.00 Å². The average molecular weight is 381 g/mol. The Morgan fingerprint density at radius 1 is 1.28 bits per heavy atom. The smallest absolute Gasteiger partial charge is 0.145 e. The van der Waals surface area contributed by atoms with Crippen LogP contribution >= 0.6 is 12.2 Å². The number of benzene rings is 1. The van der Waals surface area contributed by atoms with E-state index in [0.717, 1.165) is 62.9 Å². The summed E-state index contributed by atoms with van der Waals surface area (Å²) < 4.78 is 19.5. The molecule has 1 saturated heterocycles. The van der Waals surface area contributed by atoms with Crippen molar-refractivity contribution >= 4 is 40.7 Å². The molecule has 2 fully saturated rings. The summed E-state index contributed by atoms with van der Waals surface area (Å²) in [5.74, 6) is 0.818. The molecule has 1 aliphatic heterocycles. The van der Waals surface area contributed by atoms with Gasteiger partial charge in [0.15, 0.2) is 0 Å². The van der Waals surface area contributed by atoms with Gasteiger partial charge in [-0.3, -0.25) is 0 Å². The van der Waals surface area contributed by atoms with Gasteiger partial charge < -0.3 is 14.4 Å². The first-order chi connectivity index (χ1) is 12.1. The van der Waals surface area contributed by atoms with Crippen molar-refractivity contribution in [1.82, 2.24) is 4.31 Å². The van der Waals surface area contributed by atoms with Crippen LogP contribution in [-0.4, -0.2) is 51.3 Å². The van der Waals surface area contributed by atoms with Crippen LogP contribution in [0.15, 0.2) is 24.3 Å². The number of rotatable bonds is 7. The number of carbonyl (C=O) groups excluding carboxylic acids is 1. The maximum absolute atomic E-state index is 11.5. The Hall–Kier alpha value is -1.31. The highest BCUT2D eigenvalue weighted by molar-refractivity contribution is 7.81. The number of thiocarbonyl (C=S) groups is 1. The quantitative estimate of drug-likeness (QED) is 0.538. The minimum Gasteiger partial charge on any atom is -0.490 e. The number of carbonyl (C=O) groups is 1. The number of aldehydes is 1. The lowest BCUT2D eigenvalue weighted by Gasteiger charge is -2.45. The Morgan fingerprint density at radius 2 is 1.92 bits per heavy atom. The third-order valence-electron chi connectivity index (χ3n) is 5.21. The van der Waals surface area contributed by atoms with Gasteiger partial charge in [0, 0.05) is 25.0 Å². The summed E-state index contributed by atoms with van der Waals surface area (Å²) in [6.45, 7) is 1.60. The molecule has 1 atom stereocenters. The summed E-state index contributed by atoms with van der Waals surface area (Å²) in [5, 5.41) is 0. The first-order valence-electron chi connectivity index (χ1n) is 8.64. The zero-order valence-corrected chi connectivity index (χ0v) is 16.1. The molecule has 0 amide bonds. The van der Waals surface area contributed by atoms with E-state index >= 15 is 0 Å². The molecule has 2 aliphatic rings. The van der Waals surface area contributed by atoms with Gasteiger partial charge in [0.2, 0.25) is 0 Å². The lowest BCUT2D eigenvalue weighted by Crippen LogP contribution is -2.54. The van der Waals surface area contributed by atoms with Gasteiger partial charge in [-0.15, -0.1) is 0 Å². The summed E-state index contributed by atoms with van der Waals surface area (Å²) >= 11 is 5.15. The van der Waals surface area contributed by atoms with Crippen LogP contribution < -0.4 is 9.64 Å². The van der Waals surface area contributed by atoms with Gasteiger partial charge in [-0.2, -0.15) is 0 Å². The summed E-state index contributed by atoms with van der Waals surface area (Å²) in [6.07, 6.45) is 7.40. The van der Waals surface area contributed by atoms with E-state index in [2.05, 4.69) is 0 Å². The van der Waals surface area contributed by atoms with Gasteiger partial charge in [0.05, 0.1) is 16.5 Å². The molecule has 25 heavy (non-hydrogen) atoms. The molecule has 0 radical (unpaired) electrons. The van der Waals surface area contributed by atoms with Crippen LogP contribution in [0.3, 0.4) is 0 Å². The van der Waals surface area contributed by atoms with Crippen LogP contribution in [0, 0.1) is 0 Å². The predicted molar refractivity (Wildman–Crippen MR) is 105 cm³/mol. The van der Waals surface area contributed by atoms with Crippen LogP contribution in [-0.2, 0) is 15.8 Å². The fourth-order valence-electron chi connectivity index (χ4n) is 3.46. The van der Waals surface area contributed by atoms with E-state index in [4.69, 9.17) is 17.0 Å². The topological polar surface area (TPSA) is 49.9 Å². The molecule has 0 aromatic heterocycles. The SMILES string of the molecule is CS(=O)N1CCC(Oc2ccc(N(C=S)C3(C=O)CCC3)cc2)CC1. The first-order valence-corrected chi connectivity index (χ1v) is 10.6. The highest BCUT2D eigenvalue weighted by Gasteiger charge is 2.42. The van der Waals surface area contributed by atoms with Gasteiger partial charge in [-0.1, -0.05) is 12.2 Å². The van der Waals surface area contributed by atoms with E-state index in [-0.39, 0.29) is 6.10 Å². The molecule has 0 bridgehead atoms. The van der Waals surface area contributed by atoms with Gasteiger partial charge in [-0.25, -0.2) is 8.51 Å². The third kappa shape index (κ3) is 3.93. The Labute approximate surface area is 156 Å². The molecular formula is C18H24N2O3S2. The number of hydrogen-bond donors (Lipinski definition) is 0. The Morgan fingerprint density at radius 3 is 2.36 bits per heavy atom. The average Bonchev–Trinajstić information content (AvgIpc) is 2.59. The van der Waals surface area contributed by atoms with Gasteiger partial charge >= 0.3 is 0 Å². The Bertz CT molecular complexity index is 638. The van der Waals surface area contributed by atoms with Crippen LogP contribution in [0.25, 0.3) is 0 Å². The van der Waals surface area contributed by atoms with E-state index in [0.29, 0.717) is 0 Å². The molecular weight excluding hydrogens is 356 g/mol. The molecule has 1 aliphatic carbocycles. The van der Waals surface area contributed by atoms with Crippen molar-refractivity contribution in [3.63, 3.8) is 0 Å². The summed E-state index contributed by atoms with van der Waals surface area (Å²) in [6, 6.07) is 7.78. The molecule has 1 unspecified atom stereocenters. The predicted octanol–water partition coefficient (Wildman–Crippen LogP) is 2.71. The molecule has 1 heterocycles. The second-order valence-corrected chi connectivity index (χ2v) is 8.29. The Kier molecular flexibility index (Phi) is 5.86. The molecule has 1 aromatic carbocycles. The summed E-state index contributed by atoms with van der Waals surface area (Å²) in [5.41, 5.74) is 2.03. The van der Waals surface area contributed by atoms with Crippen molar-refractivity contribution in [3.05, 3.63) is 24.3 Å². The second kappa shape index (κ2) is 7.93. The first kappa shape index (κ1) is 18.5. The molecule has 7 heteroatoms. The molecule has 1 aromatic rings. The zero-order chi connectivity index (χ0) is 17.9. The molecule has 1 saturated carbocycles. The van der Waals surface area contributed by atoms with Crippen molar-refractivity contribution in [1.29, 1.82) is 0 Å². The van der Waals surface area contributed by atoms with E-state index in [1.54, 1.807) is 11.7 Å². The summed E-state index contributed by atoms with van der Waals surface area (Å²) in [4.78, 5) is 13.4. The summed E-state index contributed by atoms with van der Waals surface area (Å²) in [7, 11) is -0.898. The minimum absolute atomic E-state index is 0.153. The lowest BCUT2D eigenvalue weighted by molar-refractivity contribution is -0.114. The van der Waals surface area contributed by atoms with Crippen molar-refractivity contribution in [3.8, 4) is 5.75 Å². The number of ether oxygens (including phenoxy) is 1. The lowest BCUT2D eigenvalue weighted by atomic mass is 9.76. The largest absolute Gasteiger partial charge is 0.490 e. The number of hydrogen-bond acceptors (Lipinski definition) is 4. The van der Waals surface area contributed by atoms with Gasteiger partial charge in [0.25, 0.3) is 0 Å². The standard InChI is InChI=1S/C18H24N2O3S2/c1-25(22)19-11-7-17(8-12-19)23-16-5-3-15(4-6-16)20(14-24)18(13-21)9-2-10-18/h3-6,13-14,17H,2,7-12H2,1H3. The number of anilines is 1. The zero-order valence-electron chi connectivity index (χ0n) is 14.4. The van der Waals surface area contributed by atoms with Crippen LogP contribution in [0.2, 0.25) is 0 Å². The van der Waals surface area contributed by atoms with Gasteiger partial charge in [0.1, 0.15) is 23.7 Å². The normalized spacial score (nSPS) is 21.8. The van der Waals surface area contributed by atoms with E-state index < -0.39 is 16.5 Å². The maximum Gasteiger partial charge on any atom is 0.145 e. The molecule has 136 valence electrons. The fraction of sp³-hybridized carbons (Fsp3) is 0.556. The molecule has 5 nitrogen and oxygen atoms in total. The monoisotopic (exact) mass is 380 g/mol. The maximum atomic E-state index is 11.5. The highest BCUT2D eigenvalue weighted by atomic mass is 32.2. The van der Waals surface area contributed by atoms with Crippen LogP contribution in [0.4, 0.5) is 5.69 Å². The van der Waals surface area contributed by atoms with Crippen molar-refractivity contribution < 1.29 is 13.7 Å². The van der Waals surface area contributed by atoms with Crippen molar-refractivity contribution in [2.75, 3.05) is 24.2 Å². The molecule has 0 N–H and O–H groups in total. The van der Waals surface area contributed by atoms with Crippen molar-refractivity contribution in [2.24, 2.45) is 0 Å². The minimum atomic E-state index is -0.898. The highest BCUT2D eigenvalue weighted by Crippen LogP contribution is 2.38. The molecule has 3 rings (SSSR count). The number of nitrogens with zero attached hydrogens (tertiary/aromatic N) is 2. The van der Waals surface area contributed by atoms with Crippen LogP contribution in [0.5, 0.6) is 5.75 Å². The third-order valence-corrected chi connectivity index (χ3v) is 6.51. The molecule has 0 spiro atoms. The van der Waals surface area contributed by atoms with Gasteiger partial charge in [-0.05, 0) is 56.4 Å². The van der Waals surface area contributed by atoms with Crippen LogP contribution in [0.1, 0.15) is 32.1 Å².